The monoisotopic (exact) mass is 334 g/mol. The molecule has 0 unspecified atom stereocenters. The van der Waals surface area contributed by atoms with Crippen LogP contribution in [-0.2, 0) is 11.3 Å². The number of thiazole rings is 1. The summed E-state index contributed by atoms with van der Waals surface area (Å²) in [4.78, 5) is 19.0. The third-order valence-electron chi connectivity index (χ3n) is 4.11. The van der Waals surface area contributed by atoms with Gasteiger partial charge in [-0.2, -0.15) is 5.10 Å². The first-order valence-corrected chi connectivity index (χ1v) is 8.72. The van der Waals surface area contributed by atoms with Crippen LogP contribution in [0.5, 0.6) is 0 Å². The third-order valence-corrected chi connectivity index (χ3v) is 4.94. The molecule has 0 N–H and O–H groups in total. The van der Waals surface area contributed by atoms with Crippen molar-refractivity contribution in [2.24, 2.45) is 0 Å². The van der Waals surface area contributed by atoms with Gasteiger partial charge in [-0.1, -0.05) is 0 Å². The molecule has 0 spiro atoms. The highest BCUT2D eigenvalue weighted by Gasteiger charge is 2.27. The van der Waals surface area contributed by atoms with Gasteiger partial charge in [-0.15, -0.1) is 11.3 Å². The highest BCUT2D eigenvalue weighted by molar-refractivity contribution is 7.09. The maximum absolute atomic E-state index is 12.7. The Labute approximate surface area is 140 Å². The number of nitrogens with zero attached hydrogens (tertiary/aromatic N) is 4. The summed E-state index contributed by atoms with van der Waals surface area (Å²) < 4.78 is 7.13. The summed E-state index contributed by atoms with van der Waals surface area (Å²) in [7, 11) is 1.63. The summed E-state index contributed by atoms with van der Waals surface area (Å²) in [6.45, 7) is 6.00. The Bertz CT molecular complexity index is 694. The van der Waals surface area contributed by atoms with E-state index in [-0.39, 0.29) is 11.9 Å². The summed E-state index contributed by atoms with van der Waals surface area (Å²) in [5.74, 6) is 0.00911. The van der Waals surface area contributed by atoms with E-state index in [0.717, 1.165) is 35.8 Å². The number of amides is 1. The number of aryl methyl sites for hydroxylation is 2. The van der Waals surface area contributed by atoms with Crippen molar-refractivity contribution in [3.8, 4) is 0 Å². The molecule has 6 nitrogen and oxygen atoms in total. The van der Waals surface area contributed by atoms with Crippen LogP contribution in [0.4, 0.5) is 0 Å². The van der Waals surface area contributed by atoms with Crippen LogP contribution in [0.25, 0.3) is 0 Å². The van der Waals surface area contributed by atoms with Gasteiger partial charge in [0.25, 0.3) is 5.91 Å². The van der Waals surface area contributed by atoms with Crippen molar-refractivity contribution in [2.45, 2.75) is 39.3 Å². The number of carbonyl (C=O) groups is 1. The van der Waals surface area contributed by atoms with Gasteiger partial charge in [-0.05, 0) is 32.8 Å². The molecule has 1 fully saturated rings. The predicted molar refractivity (Wildman–Crippen MR) is 88.7 cm³/mol. The Balaban J connectivity index is 1.72. The number of ether oxygens (including phenoxy) is 1. The van der Waals surface area contributed by atoms with E-state index in [1.54, 1.807) is 7.11 Å². The third kappa shape index (κ3) is 3.45. The van der Waals surface area contributed by atoms with E-state index in [9.17, 15) is 4.79 Å². The molecule has 0 radical (unpaired) electrons. The first-order chi connectivity index (χ1) is 11.1. The smallest absolute Gasteiger partial charge is 0.273 e. The van der Waals surface area contributed by atoms with Crippen LogP contribution in [-0.4, -0.2) is 45.8 Å². The Hall–Kier alpha value is -1.73. The lowest BCUT2D eigenvalue weighted by Crippen LogP contribution is -2.41. The van der Waals surface area contributed by atoms with Crippen molar-refractivity contribution in [3.05, 3.63) is 33.5 Å². The van der Waals surface area contributed by atoms with Gasteiger partial charge in [0.15, 0.2) is 0 Å². The fourth-order valence-electron chi connectivity index (χ4n) is 3.12. The molecule has 0 saturated carbocycles. The largest absolute Gasteiger partial charge is 0.378 e. The van der Waals surface area contributed by atoms with Gasteiger partial charge in [-0.25, -0.2) is 4.98 Å². The van der Waals surface area contributed by atoms with Gasteiger partial charge in [0.05, 0.1) is 18.3 Å². The van der Waals surface area contributed by atoms with Crippen molar-refractivity contribution in [2.75, 3.05) is 20.2 Å². The zero-order chi connectivity index (χ0) is 16.4. The predicted octanol–water partition coefficient (Wildman–Crippen LogP) is 2.58. The fourth-order valence-corrected chi connectivity index (χ4v) is 3.85. The fraction of sp³-hybridized carbons (Fsp3) is 0.562. The summed E-state index contributed by atoms with van der Waals surface area (Å²) in [5, 5.41) is 7.24. The van der Waals surface area contributed by atoms with Crippen LogP contribution in [0.15, 0.2) is 11.4 Å². The molecule has 1 amide bonds. The van der Waals surface area contributed by atoms with Gasteiger partial charge in [0.2, 0.25) is 0 Å². The molecule has 23 heavy (non-hydrogen) atoms. The van der Waals surface area contributed by atoms with E-state index in [1.165, 1.54) is 11.3 Å². The van der Waals surface area contributed by atoms with Gasteiger partial charge in [-0.3, -0.25) is 9.48 Å². The lowest BCUT2D eigenvalue weighted by atomic mass is 10.1. The molecule has 2 aromatic heterocycles. The number of hydrogen-bond acceptors (Lipinski definition) is 5. The number of rotatable bonds is 4. The maximum atomic E-state index is 12.7. The van der Waals surface area contributed by atoms with Gasteiger partial charge < -0.3 is 9.64 Å². The molecule has 1 saturated heterocycles. The molecule has 1 aliphatic rings. The van der Waals surface area contributed by atoms with Crippen molar-refractivity contribution >= 4 is 17.2 Å². The van der Waals surface area contributed by atoms with Gasteiger partial charge in [0, 0.05) is 31.3 Å². The Morgan fingerprint density at radius 2 is 2.30 bits per heavy atom. The summed E-state index contributed by atoms with van der Waals surface area (Å²) in [6, 6.07) is 2.33. The van der Waals surface area contributed by atoms with Crippen molar-refractivity contribution in [1.29, 1.82) is 0 Å². The average molecular weight is 334 g/mol. The molecule has 3 rings (SSSR count). The molecular formula is C16H22N4O2S. The van der Waals surface area contributed by atoms with E-state index >= 15 is 0 Å². The van der Waals surface area contributed by atoms with E-state index in [1.807, 2.05) is 17.2 Å². The van der Waals surface area contributed by atoms with Crippen molar-refractivity contribution in [1.82, 2.24) is 19.7 Å². The Morgan fingerprint density at radius 3 is 3.00 bits per heavy atom. The summed E-state index contributed by atoms with van der Waals surface area (Å²) in [5.41, 5.74) is 2.70. The molecule has 0 aromatic carbocycles. The van der Waals surface area contributed by atoms with Crippen LogP contribution in [0.1, 0.15) is 45.8 Å². The van der Waals surface area contributed by atoms with Crippen molar-refractivity contribution < 1.29 is 9.53 Å². The van der Waals surface area contributed by atoms with Crippen molar-refractivity contribution in [3.63, 3.8) is 0 Å². The number of hydrogen-bond donors (Lipinski definition) is 0. The van der Waals surface area contributed by atoms with Crippen LogP contribution in [0.2, 0.25) is 0 Å². The van der Waals surface area contributed by atoms with Crippen LogP contribution in [0, 0.1) is 13.8 Å². The Morgan fingerprint density at radius 1 is 1.48 bits per heavy atom. The van der Waals surface area contributed by atoms with Gasteiger partial charge in [0.1, 0.15) is 10.7 Å². The first-order valence-electron chi connectivity index (χ1n) is 7.84. The molecule has 1 aliphatic heterocycles. The standard InChI is InChI=1S/C16H22N4O2S/c1-11-7-12(2)20(18-11)13-5-4-6-19(8-13)16(21)14-10-23-15(17-14)9-22-3/h7,10,13H,4-6,8-9H2,1-3H3/t13-/m0/s1. The van der Waals surface area contributed by atoms with Crippen LogP contribution in [0.3, 0.4) is 0 Å². The molecule has 2 aromatic rings. The molecule has 0 aliphatic carbocycles. The lowest BCUT2D eigenvalue weighted by molar-refractivity contribution is 0.0666. The number of aromatic nitrogens is 3. The van der Waals surface area contributed by atoms with E-state index in [0.29, 0.717) is 18.8 Å². The second-order valence-electron chi connectivity index (χ2n) is 5.98. The van der Waals surface area contributed by atoms with E-state index < -0.39 is 0 Å². The quantitative estimate of drug-likeness (QED) is 0.862. The summed E-state index contributed by atoms with van der Waals surface area (Å²) in [6.07, 6.45) is 2.04. The highest BCUT2D eigenvalue weighted by Crippen LogP contribution is 2.24. The summed E-state index contributed by atoms with van der Waals surface area (Å²) >= 11 is 1.47. The number of methoxy groups -OCH3 is 1. The molecule has 1 atom stereocenters. The Kier molecular flexibility index (Phi) is 4.77. The SMILES string of the molecule is COCc1nc(C(=O)N2CCC[C@H](n3nc(C)cc3C)C2)cs1. The topological polar surface area (TPSA) is 60.2 Å². The zero-order valence-corrected chi connectivity index (χ0v) is 14.6. The highest BCUT2D eigenvalue weighted by atomic mass is 32.1. The lowest BCUT2D eigenvalue weighted by Gasteiger charge is -2.33. The van der Waals surface area contributed by atoms with E-state index in [2.05, 4.69) is 27.8 Å². The van der Waals surface area contributed by atoms with E-state index in [4.69, 9.17) is 4.74 Å². The first kappa shape index (κ1) is 16.1. The molecule has 124 valence electrons. The minimum Gasteiger partial charge on any atom is -0.378 e. The minimum absolute atomic E-state index is 0.00911. The number of likely N-dealkylation sites (tertiary alicyclic amines) is 1. The average Bonchev–Trinajstić information content (AvgIpc) is 3.13. The normalized spacial score (nSPS) is 18.4. The van der Waals surface area contributed by atoms with Crippen LogP contribution < -0.4 is 0 Å². The second kappa shape index (κ2) is 6.80. The second-order valence-corrected chi connectivity index (χ2v) is 6.92. The van der Waals surface area contributed by atoms with Gasteiger partial charge >= 0.3 is 0 Å². The molecular weight excluding hydrogens is 312 g/mol. The molecule has 0 bridgehead atoms. The minimum atomic E-state index is 0.00911. The number of piperidine rings is 1. The van der Waals surface area contributed by atoms with Crippen LogP contribution >= 0.6 is 11.3 Å². The number of carbonyl (C=O) groups excluding carboxylic acids is 1. The molecule has 3 heterocycles. The maximum Gasteiger partial charge on any atom is 0.273 e. The molecule has 7 heteroatoms. The zero-order valence-electron chi connectivity index (χ0n) is 13.8.